The molecule has 0 saturated carbocycles. The summed E-state index contributed by atoms with van der Waals surface area (Å²) in [5.74, 6) is -0.609. The predicted octanol–water partition coefficient (Wildman–Crippen LogP) is -1.09. The zero-order chi connectivity index (χ0) is 13.2. The fourth-order valence-corrected chi connectivity index (χ4v) is 1.31. The summed E-state index contributed by atoms with van der Waals surface area (Å²) < 4.78 is 15.0. The molecule has 0 bridgehead atoms. The van der Waals surface area contributed by atoms with Gasteiger partial charge in [-0.3, -0.25) is 14.5 Å². The van der Waals surface area contributed by atoms with E-state index in [-0.39, 0.29) is 31.8 Å². The van der Waals surface area contributed by atoms with E-state index in [1.807, 2.05) is 0 Å². The van der Waals surface area contributed by atoms with Crippen LogP contribution in [0.2, 0.25) is 0 Å². The molecule has 18 heavy (non-hydrogen) atoms. The van der Waals surface area contributed by atoms with Crippen LogP contribution in [0.5, 0.6) is 0 Å². The van der Waals surface area contributed by atoms with Crippen molar-refractivity contribution in [1.82, 2.24) is 4.90 Å². The van der Waals surface area contributed by atoms with Gasteiger partial charge in [-0.1, -0.05) is 0 Å². The molecule has 1 aliphatic heterocycles. The summed E-state index contributed by atoms with van der Waals surface area (Å²) >= 11 is 0. The number of ether oxygens (including phenoxy) is 3. The van der Waals surface area contributed by atoms with Gasteiger partial charge in [0.25, 0.3) is 11.8 Å². The number of rotatable bonds is 10. The highest BCUT2D eigenvalue weighted by Gasteiger charge is 2.22. The van der Waals surface area contributed by atoms with Gasteiger partial charge in [0.2, 0.25) is 0 Å². The largest absolute Gasteiger partial charge is 0.377 e. The van der Waals surface area contributed by atoms with E-state index in [2.05, 4.69) is 4.74 Å². The summed E-state index contributed by atoms with van der Waals surface area (Å²) in [7, 11) is 0. The summed E-state index contributed by atoms with van der Waals surface area (Å²) in [6, 6.07) is 0. The van der Waals surface area contributed by atoms with Crippen molar-refractivity contribution in [2.45, 2.75) is 0 Å². The number of nitrogens with zero attached hydrogens (tertiary/aromatic N) is 1. The van der Waals surface area contributed by atoms with Gasteiger partial charge in [-0.25, -0.2) is 0 Å². The number of carbonyl (C=O) groups excluding carboxylic acids is 2. The van der Waals surface area contributed by atoms with E-state index < -0.39 is 0 Å². The average molecular weight is 259 g/mol. The molecular formula is C11H17NO6. The van der Waals surface area contributed by atoms with Gasteiger partial charge in [0, 0.05) is 12.2 Å². The van der Waals surface area contributed by atoms with E-state index in [1.54, 1.807) is 0 Å². The molecule has 1 heterocycles. The Morgan fingerprint density at radius 3 is 1.94 bits per heavy atom. The maximum atomic E-state index is 11.2. The SMILES string of the molecule is O=C1C=CC(=O)N1CCOCCOCCOCO. The summed E-state index contributed by atoms with van der Waals surface area (Å²) in [5, 5.41) is 8.32. The molecule has 1 N–H and O–H groups in total. The second-order valence-corrected chi connectivity index (χ2v) is 3.42. The first-order chi connectivity index (χ1) is 8.75. The summed E-state index contributed by atoms with van der Waals surface area (Å²) in [6.07, 6.45) is 2.49. The Hall–Kier alpha value is -1.28. The van der Waals surface area contributed by atoms with Gasteiger partial charge >= 0.3 is 0 Å². The monoisotopic (exact) mass is 259 g/mol. The quantitative estimate of drug-likeness (QED) is 0.305. The first kappa shape index (κ1) is 14.8. The average Bonchev–Trinajstić information content (AvgIpc) is 2.68. The topological polar surface area (TPSA) is 85.3 Å². The first-order valence-corrected chi connectivity index (χ1v) is 5.63. The highest BCUT2D eigenvalue weighted by atomic mass is 16.6. The third-order valence-corrected chi connectivity index (χ3v) is 2.20. The van der Waals surface area contributed by atoms with Crippen LogP contribution in [0.3, 0.4) is 0 Å². The Kier molecular flexibility index (Phi) is 7.19. The van der Waals surface area contributed by atoms with Crippen molar-refractivity contribution in [3.05, 3.63) is 12.2 Å². The zero-order valence-corrected chi connectivity index (χ0v) is 10.0. The van der Waals surface area contributed by atoms with E-state index in [4.69, 9.17) is 14.6 Å². The third-order valence-electron chi connectivity index (χ3n) is 2.20. The van der Waals surface area contributed by atoms with Crippen LogP contribution in [-0.4, -0.2) is 68.2 Å². The smallest absolute Gasteiger partial charge is 0.253 e. The molecule has 1 rings (SSSR count). The molecule has 1 aliphatic rings. The minimum Gasteiger partial charge on any atom is -0.377 e. The fourth-order valence-electron chi connectivity index (χ4n) is 1.31. The van der Waals surface area contributed by atoms with Crippen molar-refractivity contribution < 1.29 is 28.9 Å². The molecule has 0 radical (unpaired) electrons. The molecule has 0 aromatic rings. The predicted molar refractivity (Wildman–Crippen MR) is 60.5 cm³/mol. The highest BCUT2D eigenvalue weighted by Crippen LogP contribution is 2.02. The normalized spacial score (nSPS) is 14.8. The number of amides is 2. The van der Waals surface area contributed by atoms with Crippen LogP contribution >= 0.6 is 0 Å². The van der Waals surface area contributed by atoms with Gasteiger partial charge in [0.05, 0.1) is 39.6 Å². The van der Waals surface area contributed by atoms with Crippen molar-refractivity contribution in [3.8, 4) is 0 Å². The van der Waals surface area contributed by atoms with Crippen LogP contribution in [0.1, 0.15) is 0 Å². The van der Waals surface area contributed by atoms with Crippen molar-refractivity contribution in [3.63, 3.8) is 0 Å². The molecule has 0 aromatic heterocycles. The number of hydrogen-bond donors (Lipinski definition) is 1. The minimum atomic E-state index is -0.314. The fraction of sp³-hybridized carbons (Fsp3) is 0.636. The van der Waals surface area contributed by atoms with Crippen molar-refractivity contribution in [2.75, 3.05) is 46.4 Å². The number of hydrogen-bond acceptors (Lipinski definition) is 6. The van der Waals surface area contributed by atoms with Crippen LogP contribution in [0, 0.1) is 0 Å². The minimum absolute atomic E-state index is 0.248. The van der Waals surface area contributed by atoms with Gasteiger partial charge < -0.3 is 19.3 Å². The van der Waals surface area contributed by atoms with E-state index in [9.17, 15) is 9.59 Å². The summed E-state index contributed by atoms with van der Waals surface area (Å²) in [5.41, 5.74) is 0. The van der Waals surface area contributed by atoms with E-state index in [0.717, 1.165) is 4.90 Å². The van der Waals surface area contributed by atoms with Gasteiger partial charge in [-0.05, 0) is 0 Å². The van der Waals surface area contributed by atoms with Crippen LogP contribution in [0.25, 0.3) is 0 Å². The molecule has 0 atom stereocenters. The summed E-state index contributed by atoms with van der Waals surface area (Å²) in [6.45, 7) is 1.72. The van der Waals surface area contributed by atoms with E-state index >= 15 is 0 Å². The maximum absolute atomic E-state index is 11.2. The molecule has 0 spiro atoms. The van der Waals surface area contributed by atoms with E-state index in [0.29, 0.717) is 26.4 Å². The van der Waals surface area contributed by atoms with Gasteiger partial charge in [-0.2, -0.15) is 0 Å². The number of imide groups is 1. The molecule has 0 aliphatic carbocycles. The second-order valence-electron chi connectivity index (χ2n) is 3.42. The number of carbonyl (C=O) groups is 2. The molecule has 0 saturated heterocycles. The Balaban J connectivity index is 1.90. The Morgan fingerprint density at radius 1 is 0.889 bits per heavy atom. The zero-order valence-electron chi connectivity index (χ0n) is 10.0. The molecule has 7 heteroatoms. The van der Waals surface area contributed by atoms with Crippen LogP contribution < -0.4 is 0 Å². The lowest BCUT2D eigenvalue weighted by molar-refractivity contribution is -0.137. The highest BCUT2D eigenvalue weighted by molar-refractivity contribution is 6.12. The lowest BCUT2D eigenvalue weighted by atomic mass is 10.5. The molecule has 0 aromatic carbocycles. The second kappa shape index (κ2) is 8.76. The van der Waals surface area contributed by atoms with E-state index in [1.165, 1.54) is 12.2 Å². The molecular weight excluding hydrogens is 242 g/mol. The number of aliphatic hydroxyl groups is 1. The Bertz CT molecular complexity index is 286. The lowest BCUT2D eigenvalue weighted by Crippen LogP contribution is -2.33. The van der Waals surface area contributed by atoms with Gasteiger partial charge in [-0.15, -0.1) is 0 Å². The summed E-state index contributed by atoms with van der Waals surface area (Å²) in [4.78, 5) is 23.4. The molecule has 0 fully saturated rings. The third kappa shape index (κ3) is 5.37. The van der Waals surface area contributed by atoms with Crippen LogP contribution in [0.15, 0.2) is 12.2 Å². The molecule has 102 valence electrons. The Labute approximate surface area is 105 Å². The van der Waals surface area contributed by atoms with Gasteiger partial charge in [0.15, 0.2) is 0 Å². The standard InChI is InChI=1S/C11H17NO6/c13-9-18-8-7-17-6-5-16-4-3-12-10(14)1-2-11(12)15/h1-2,13H,3-9H2. The van der Waals surface area contributed by atoms with Crippen molar-refractivity contribution in [1.29, 1.82) is 0 Å². The van der Waals surface area contributed by atoms with Gasteiger partial charge in [0.1, 0.15) is 6.79 Å². The first-order valence-electron chi connectivity index (χ1n) is 5.63. The molecule has 7 nitrogen and oxygen atoms in total. The lowest BCUT2D eigenvalue weighted by Gasteiger charge is -2.13. The number of aliphatic hydroxyl groups excluding tert-OH is 1. The van der Waals surface area contributed by atoms with Crippen molar-refractivity contribution >= 4 is 11.8 Å². The molecule has 0 unspecified atom stereocenters. The van der Waals surface area contributed by atoms with Crippen LogP contribution in [-0.2, 0) is 23.8 Å². The van der Waals surface area contributed by atoms with Crippen molar-refractivity contribution in [2.24, 2.45) is 0 Å². The molecule has 2 amide bonds. The maximum Gasteiger partial charge on any atom is 0.253 e. The van der Waals surface area contributed by atoms with Crippen LogP contribution in [0.4, 0.5) is 0 Å². The Morgan fingerprint density at radius 2 is 1.39 bits per heavy atom.